The van der Waals surface area contributed by atoms with Gasteiger partial charge in [-0.2, -0.15) is 0 Å². The minimum absolute atomic E-state index is 0.306. The molecule has 0 aliphatic heterocycles. The smallest absolute Gasteiger partial charge is 0.0547 e. The van der Waals surface area contributed by atoms with Gasteiger partial charge in [-0.1, -0.05) is 366 Å². The van der Waals surface area contributed by atoms with Crippen molar-refractivity contribution in [2.75, 3.05) is 9.80 Å². The highest BCUT2D eigenvalue weighted by Crippen LogP contribution is 2.54. The summed E-state index contributed by atoms with van der Waals surface area (Å²) in [5.74, 6) is 0. The Morgan fingerprint density at radius 3 is 0.879 bits per heavy atom. The molecule has 0 bridgehead atoms. The summed E-state index contributed by atoms with van der Waals surface area (Å²) < 4.78 is 9.63. The third-order valence-electron chi connectivity index (χ3n) is 31.6. The van der Waals surface area contributed by atoms with Crippen LogP contribution in [-0.4, -0.2) is 18.3 Å². The minimum atomic E-state index is -0.306. The molecule has 0 radical (unpaired) electrons. The van der Waals surface area contributed by atoms with Crippen molar-refractivity contribution in [2.45, 2.75) is 19.3 Å². The second-order valence-corrected chi connectivity index (χ2v) is 40.3. The van der Waals surface area contributed by atoms with Gasteiger partial charge in [0.1, 0.15) is 0 Å². The van der Waals surface area contributed by atoms with Crippen molar-refractivity contribution < 1.29 is 0 Å². The number of hydrogen-bond donors (Lipinski definition) is 0. The van der Waals surface area contributed by atoms with Crippen LogP contribution >= 0.6 is 0 Å². The van der Waals surface area contributed by atoms with Gasteiger partial charge in [-0.15, -0.1) is 0 Å². The maximum Gasteiger partial charge on any atom is 0.0547 e. The average Bonchev–Trinajstić information content (AvgIpc) is 1.57. The molecule has 149 heavy (non-hydrogen) atoms. The summed E-state index contributed by atoms with van der Waals surface area (Å²) in [6.07, 6.45) is 0. The van der Waals surface area contributed by atoms with Crippen LogP contribution in [0.5, 0.6) is 0 Å². The van der Waals surface area contributed by atoms with E-state index in [4.69, 9.17) is 0 Å². The number of fused-ring (bicyclic) bond motifs is 17. The molecule has 0 unspecified atom stereocenters. The summed E-state index contributed by atoms with van der Waals surface area (Å²) in [5.41, 5.74) is 44.0. The Hall–Kier alpha value is -19.4. The van der Waals surface area contributed by atoms with Gasteiger partial charge in [-0.25, -0.2) is 0 Å². The normalized spacial score (nSPS) is 12.3. The van der Waals surface area contributed by atoms with Gasteiger partial charge in [0.05, 0.1) is 44.1 Å². The largest absolute Gasteiger partial charge is 0.311 e. The first-order chi connectivity index (χ1) is 73.6. The highest BCUT2D eigenvalue weighted by molar-refractivity contribution is 6.15. The summed E-state index contributed by atoms with van der Waals surface area (Å²) in [5, 5.41) is 14.7. The van der Waals surface area contributed by atoms with E-state index in [1.807, 2.05) is 0 Å². The Kier molecular flexibility index (Phi) is 20.3. The first-order valence-corrected chi connectivity index (χ1v) is 51.5. The molecule has 1 aliphatic rings. The van der Waals surface area contributed by atoms with Crippen LogP contribution in [0, 0.1) is 0 Å². The minimum Gasteiger partial charge on any atom is -0.311 e. The predicted molar refractivity (Wildman–Crippen MR) is 629 cm³/mol. The van der Waals surface area contributed by atoms with Crippen molar-refractivity contribution in [3.8, 4) is 123 Å². The summed E-state index contributed by atoms with van der Waals surface area (Å²) in [6, 6.07) is 203. The predicted octanol–water partition coefficient (Wildman–Crippen LogP) is 39.0. The van der Waals surface area contributed by atoms with Crippen molar-refractivity contribution in [1.29, 1.82) is 0 Å². The third-order valence-corrected chi connectivity index (χ3v) is 31.6. The lowest BCUT2D eigenvalue weighted by Gasteiger charge is -2.28. The Morgan fingerprint density at radius 1 is 0.141 bits per heavy atom. The molecule has 24 aromatic carbocycles. The molecule has 698 valence electrons. The van der Waals surface area contributed by atoms with Crippen LogP contribution in [0.15, 0.2) is 546 Å². The molecule has 4 heterocycles. The summed E-state index contributed by atoms with van der Waals surface area (Å²) >= 11 is 0. The van der Waals surface area contributed by atoms with E-state index in [0.717, 1.165) is 118 Å². The second kappa shape index (κ2) is 35.0. The molecule has 0 atom stereocenters. The monoisotopic (exact) mass is 1900 g/mol. The standard InChI is InChI=1S/C143H96N6/c1-143(2)133-89-105(104-66-84-140-132(88-104)128-40-17-21-46-138(128)147(140)110-31-8-4-9-32-110)62-79-123(133)124-82-77-118(92-134(124)143)145(116-75-59-99(60-76-116)120-41-23-26-98-25-12-13-36-119(98)120)115-71-55-97(56-72-115)107-64-81-130-126-38-15-19-44-136(126)149(142(130)91-107)117-35-22-27-101(86-117)102-61-78-122-108(85-102)28-24-42-121(122)100-57-73-114(74-58-100)144(113-69-53-96(54-70-113)106-63-80-129-125-37-14-18-43-135(125)148(141(129)90-106)111-33-10-5-11-34-111)112-67-51-94(52-68-112)93-47-49-95(50-48-93)103-65-83-139-131(87-103)127-39-16-20-45-137(127)146(139)109-29-6-3-7-30-109/h3-92H,1-2H3. The van der Waals surface area contributed by atoms with E-state index in [1.54, 1.807) is 0 Å². The van der Waals surface area contributed by atoms with Crippen LogP contribution in [0.2, 0.25) is 0 Å². The van der Waals surface area contributed by atoms with Crippen molar-refractivity contribution in [3.63, 3.8) is 0 Å². The Morgan fingerprint density at radius 2 is 0.409 bits per heavy atom. The fourth-order valence-corrected chi connectivity index (χ4v) is 24.2. The fraction of sp³-hybridized carbons (Fsp3) is 0.0210. The van der Waals surface area contributed by atoms with Gasteiger partial charge in [0.2, 0.25) is 0 Å². The summed E-state index contributed by atoms with van der Waals surface area (Å²) in [7, 11) is 0. The van der Waals surface area contributed by atoms with Crippen molar-refractivity contribution in [2.24, 2.45) is 0 Å². The molecule has 6 nitrogen and oxygen atoms in total. The number of para-hydroxylation sites is 7. The van der Waals surface area contributed by atoms with Crippen molar-refractivity contribution in [1.82, 2.24) is 18.3 Å². The first kappa shape index (κ1) is 86.3. The number of benzene rings is 24. The molecule has 0 N–H and O–H groups in total. The average molecular weight is 1900 g/mol. The van der Waals surface area contributed by atoms with Gasteiger partial charge in [0, 0.05) is 105 Å². The van der Waals surface area contributed by atoms with E-state index < -0.39 is 0 Å². The lowest BCUT2D eigenvalue weighted by Crippen LogP contribution is -2.16. The Balaban J connectivity index is 0.468. The molecule has 0 fully saturated rings. The van der Waals surface area contributed by atoms with Crippen LogP contribution in [0.4, 0.5) is 34.1 Å². The molecule has 0 saturated carbocycles. The number of rotatable bonds is 18. The zero-order valence-corrected chi connectivity index (χ0v) is 82.1. The lowest BCUT2D eigenvalue weighted by molar-refractivity contribution is 0.660. The van der Waals surface area contributed by atoms with Gasteiger partial charge in [0.15, 0.2) is 0 Å². The molecule has 0 spiro atoms. The van der Waals surface area contributed by atoms with E-state index in [-0.39, 0.29) is 5.41 Å². The summed E-state index contributed by atoms with van der Waals surface area (Å²) in [6.45, 7) is 4.82. The van der Waals surface area contributed by atoms with Crippen LogP contribution in [0.3, 0.4) is 0 Å². The van der Waals surface area contributed by atoms with Gasteiger partial charge >= 0.3 is 0 Å². The highest BCUT2D eigenvalue weighted by Gasteiger charge is 2.37. The van der Waals surface area contributed by atoms with Gasteiger partial charge in [-0.05, 0) is 327 Å². The van der Waals surface area contributed by atoms with Crippen molar-refractivity contribution in [3.05, 3.63) is 557 Å². The fourth-order valence-electron chi connectivity index (χ4n) is 24.2. The number of hydrogen-bond acceptors (Lipinski definition) is 2. The maximum absolute atomic E-state index is 2.46. The SMILES string of the molecule is CC1(C)c2cc(-c3ccc4c(c3)c3ccccc3n4-c3ccccc3)ccc2-c2ccc(N(c3ccc(-c4ccc5c6ccccc6n(-c6cccc(-c7ccc8c(-c9ccc(N(c%10ccc(-c%11ccc(-c%12ccc%13c(c%12)c%12ccccc%12n%13-c%12ccccc%12)cc%11)cc%10)c%10ccc(-c%11ccc%12c%13ccccc%13n(-c%13ccccc%13)c%12c%11)cc%10)cc9)cccc8c7)c6)c5c4)cc3)c3ccc(-c4cccc5ccccc45)cc3)cc21. The quantitative estimate of drug-likeness (QED) is 0.0856. The molecule has 0 amide bonds. The summed E-state index contributed by atoms with van der Waals surface area (Å²) in [4.78, 5) is 4.84. The van der Waals surface area contributed by atoms with E-state index in [0.29, 0.717) is 0 Å². The molecule has 29 rings (SSSR count). The van der Waals surface area contributed by atoms with E-state index in [9.17, 15) is 0 Å². The molecule has 0 saturated heterocycles. The number of aromatic nitrogens is 4. The molecular formula is C143H96N6. The van der Waals surface area contributed by atoms with Crippen molar-refractivity contribution >= 4 is 143 Å². The van der Waals surface area contributed by atoms with E-state index >= 15 is 0 Å². The topological polar surface area (TPSA) is 26.2 Å². The Bertz CT molecular complexity index is 10200. The zero-order valence-electron chi connectivity index (χ0n) is 82.1. The number of anilines is 6. The molecular weight excluding hydrogens is 1800 g/mol. The third kappa shape index (κ3) is 14.5. The lowest BCUT2D eigenvalue weighted by atomic mass is 9.81. The molecule has 28 aromatic rings. The second-order valence-electron chi connectivity index (χ2n) is 40.3. The van der Waals surface area contributed by atoms with Crippen LogP contribution in [-0.2, 0) is 5.41 Å². The number of nitrogens with zero attached hydrogens (tertiary/aromatic N) is 6. The highest BCUT2D eigenvalue weighted by atomic mass is 15.1. The zero-order chi connectivity index (χ0) is 98.5. The van der Waals surface area contributed by atoms with E-state index in [1.165, 1.54) is 159 Å². The van der Waals surface area contributed by atoms with Crippen LogP contribution in [0.1, 0.15) is 25.0 Å². The van der Waals surface area contributed by atoms with Gasteiger partial charge < -0.3 is 28.1 Å². The molecule has 1 aliphatic carbocycles. The van der Waals surface area contributed by atoms with Crippen LogP contribution < -0.4 is 9.80 Å². The maximum atomic E-state index is 2.46. The Labute approximate surface area is 864 Å². The molecule has 4 aromatic heterocycles. The van der Waals surface area contributed by atoms with E-state index in [2.05, 4.69) is 588 Å². The first-order valence-electron chi connectivity index (χ1n) is 51.5. The van der Waals surface area contributed by atoms with Gasteiger partial charge in [0.25, 0.3) is 0 Å². The molecule has 6 heteroatoms. The van der Waals surface area contributed by atoms with Crippen LogP contribution in [0.25, 0.3) is 232 Å². The van der Waals surface area contributed by atoms with Gasteiger partial charge in [-0.3, -0.25) is 0 Å².